The first kappa shape index (κ1) is 16.9. The molecule has 2 aromatic rings. The summed E-state index contributed by atoms with van der Waals surface area (Å²) in [6.07, 6.45) is 4.08. The Balaban J connectivity index is 1.91. The van der Waals surface area contributed by atoms with Gasteiger partial charge in [-0.25, -0.2) is 14.8 Å². The number of piperidine rings is 1. The summed E-state index contributed by atoms with van der Waals surface area (Å²) in [5.74, 6) is -0.222. The van der Waals surface area contributed by atoms with Gasteiger partial charge < -0.3 is 20.3 Å². The van der Waals surface area contributed by atoms with Crippen molar-refractivity contribution >= 4 is 17.7 Å². The van der Waals surface area contributed by atoms with Crippen LogP contribution in [0.2, 0.25) is 0 Å². The first-order chi connectivity index (χ1) is 11.8. The van der Waals surface area contributed by atoms with Crippen molar-refractivity contribution in [3.63, 3.8) is 0 Å². The minimum Gasteiger partial charge on any atom is -0.479 e. The third-order valence-electron chi connectivity index (χ3n) is 4.85. The molecule has 1 aliphatic rings. The predicted octanol–water partition coefficient (Wildman–Crippen LogP) is 1.07. The van der Waals surface area contributed by atoms with E-state index in [1.807, 2.05) is 11.8 Å². The van der Waals surface area contributed by atoms with Crippen LogP contribution in [0, 0.1) is 13.8 Å². The number of aliphatic carboxylic acids is 1. The fraction of sp³-hybridized carbons (Fsp3) is 0.412. The van der Waals surface area contributed by atoms with Gasteiger partial charge in [0.05, 0.1) is 5.56 Å². The van der Waals surface area contributed by atoms with E-state index in [2.05, 4.69) is 9.97 Å². The first-order valence-corrected chi connectivity index (χ1v) is 8.11. The van der Waals surface area contributed by atoms with E-state index in [0.29, 0.717) is 43.1 Å². The Morgan fingerprint density at radius 2 is 1.92 bits per heavy atom. The largest absolute Gasteiger partial charge is 0.479 e. The van der Waals surface area contributed by atoms with E-state index in [-0.39, 0.29) is 0 Å². The summed E-state index contributed by atoms with van der Waals surface area (Å²) in [6.45, 7) is 4.56. The Kier molecular flexibility index (Phi) is 4.20. The quantitative estimate of drug-likeness (QED) is 0.858. The zero-order valence-electron chi connectivity index (χ0n) is 14.3. The van der Waals surface area contributed by atoms with Crippen LogP contribution < -0.4 is 10.6 Å². The van der Waals surface area contributed by atoms with Crippen molar-refractivity contribution in [3.8, 4) is 0 Å². The number of carboxylic acid groups (broad SMARTS) is 1. The molecule has 132 valence electrons. The van der Waals surface area contributed by atoms with E-state index in [1.54, 1.807) is 36.0 Å². The van der Waals surface area contributed by atoms with Crippen LogP contribution in [0.5, 0.6) is 0 Å². The maximum absolute atomic E-state index is 12.0. The first-order valence-electron chi connectivity index (χ1n) is 8.11. The number of primary amides is 1. The van der Waals surface area contributed by atoms with Gasteiger partial charge in [0.15, 0.2) is 0 Å². The summed E-state index contributed by atoms with van der Waals surface area (Å²) in [4.78, 5) is 34.3. The van der Waals surface area contributed by atoms with Gasteiger partial charge >= 0.3 is 5.97 Å². The Hall–Kier alpha value is -2.90. The van der Waals surface area contributed by atoms with E-state index in [4.69, 9.17) is 5.73 Å². The predicted molar refractivity (Wildman–Crippen MR) is 91.5 cm³/mol. The lowest BCUT2D eigenvalue weighted by molar-refractivity contribution is -0.149. The number of carbonyl (C=O) groups excluding carboxylic acids is 1. The molecule has 0 aliphatic carbocycles. The van der Waals surface area contributed by atoms with Crippen LogP contribution in [0.1, 0.15) is 34.7 Å². The molecule has 1 saturated heterocycles. The van der Waals surface area contributed by atoms with Crippen molar-refractivity contribution < 1.29 is 14.7 Å². The number of aryl methyl sites for hydroxylation is 2. The van der Waals surface area contributed by atoms with Gasteiger partial charge in [-0.15, -0.1) is 0 Å². The molecule has 3 rings (SSSR count). The highest BCUT2D eigenvalue weighted by Gasteiger charge is 2.44. The van der Waals surface area contributed by atoms with Crippen molar-refractivity contribution in [1.82, 2.24) is 14.5 Å². The smallest absolute Gasteiger partial charge is 0.330 e. The number of hydrogen-bond acceptors (Lipinski definition) is 5. The third-order valence-corrected chi connectivity index (χ3v) is 4.85. The molecule has 1 aliphatic heterocycles. The van der Waals surface area contributed by atoms with E-state index < -0.39 is 17.4 Å². The lowest BCUT2D eigenvalue weighted by Crippen LogP contribution is -2.51. The highest BCUT2D eigenvalue weighted by Crippen LogP contribution is 2.34. The molecule has 0 saturated carbocycles. The lowest BCUT2D eigenvalue weighted by atomic mass is 9.86. The van der Waals surface area contributed by atoms with Gasteiger partial charge in [0.25, 0.3) is 5.91 Å². The van der Waals surface area contributed by atoms with Crippen molar-refractivity contribution in [2.45, 2.75) is 32.2 Å². The highest BCUT2D eigenvalue weighted by atomic mass is 16.4. The fourth-order valence-corrected chi connectivity index (χ4v) is 3.45. The minimum atomic E-state index is -1.03. The number of nitrogens with two attached hydrogens (primary N) is 1. The van der Waals surface area contributed by atoms with Gasteiger partial charge in [0, 0.05) is 31.2 Å². The monoisotopic (exact) mass is 343 g/mol. The molecular weight excluding hydrogens is 322 g/mol. The summed E-state index contributed by atoms with van der Waals surface area (Å²) < 4.78 is 1.73. The molecule has 0 unspecified atom stereocenters. The molecule has 0 bridgehead atoms. The topological polar surface area (TPSA) is 114 Å². The lowest BCUT2D eigenvalue weighted by Gasteiger charge is -2.41. The van der Waals surface area contributed by atoms with Gasteiger partial charge in [0.2, 0.25) is 0 Å². The summed E-state index contributed by atoms with van der Waals surface area (Å²) in [5, 5.41) is 9.87. The van der Waals surface area contributed by atoms with Gasteiger partial charge in [-0.1, -0.05) is 0 Å². The van der Waals surface area contributed by atoms with Crippen LogP contribution in [0.15, 0.2) is 24.5 Å². The highest BCUT2D eigenvalue weighted by molar-refractivity contribution is 5.97. The van der Waals surface area contributed by atoms with Crippen molar-refractivity contribution in [2.75, 3.05) is 18.0 Å². The zero-order valence-corrected chi connectivity index (χ0v) is 14.3. The van der Waals surface area contributed by atoms with Crippen LogP contribution in [0.4, 0.5) is 5.82 Å². The molecule has 3 heterocycles. The summed E-state index contributed by atoms with van der Waals surface area (Å²) in [6, 6.07) is 3.41. The Labute approximate surface area is 145 Å². The molecule has 3 N–H and O–H groups in total. The van der Waals surface area contributed by atoms with Gasteiger partial charge in [-0.3, -0.25) is 4.79 Å². The molecule has 0 aromatic carbocycles. The Bertz CT molecular complexity index is 821. The SMILES string of the molecule is Cc1ccc(C(N)=O)c(N2CCC(C(=O)O)(n3ccnc3C)CC2)n1. The number of carboxylic acids is 1. The molecule has 1 fully saturated rings. The standard InChI is InChI=1S/C17H21N5O3/c1-11-3-4-13(14(18)23)15(20-11)21-8-5-17(6-9-21,16(24)25)22-10-7-19-12(22)2/h3-4,7,10H,5-6,8-9H2,1-2H3,(H2,18,23)(H,24,25). The maximum Gasteiger partial charge on any atom is 0.330 e. The Morgan fingerprint density at radius 3 is 2.44 bits per heavy atom. The average Bonchev–Trinajstić information content (AvgIpc) is 3.01. The van der Waals surface area contributed by atoms with Crippen molar-refractivity contribution in [2.24, 2.45) is 5.73 Å². The number of imidazole rings is 1. The van der Waals surface area contributed by atoms with Crippen LogP contribution in [-0.4, -0.2) is 44.6 Å². The number of hydrogen-bond donors (Lipinski definition) is 2. The fourth-order valence-electron chi connectivity index (χ4n) is 3.45. The number of nitrogens with zero attached hydrogens (tertiary/aromatic N) is 4. The molecular formula is C17H21N5O3. The number of rotatable bonds is 4. The molecule has 0 atom stereocenters. The zero-order chi connectivity index (χ0) is 18.2. The molecule has 0 spiro atoms. The molecule has 1 amide bonds. The maximum atomic E-state index is 12.0. The number of pyridine rings is 1. The Morgan fingerprint density at radius 1 is 1.24 bits per heavy atom. The molecule has 2 aromatic heterocycles. The summed E-state index contributed by atoms with van der Waals surface area (Å²) >= 11 is 0. The van der Waals surface area contributed by atoms with Crippen LogP contribution in [0.3, 0.4) is 0 Å². The van der Waals surface area contributed by atoms with Gasteiger partial charge in [0.1, 0.15) is 17.2 Å². The van der Waals surface area contributed by atoms with Gasteiger partial charge in [-0.05, 0) is 38.8 Å². The second-order valence-electron chi connectivity index (χ2n) is 6.36. The third kappa shape index (κ3) is 2.84. The number of aromatic nitrogens is 3. The van der Waals surface area contributed by atoms with E-state index in [9.17, 15) is 14.7 Å². The van der Waals surface area contributed by atoms with Crippen LogP contribution >= 0.6 is 0 Å². The number of amides is 1. The van der Waals surface area contributed by atoms with Gasteiger partial charge in [-0.2, -0.15) is 0 Å². The second kappa shape index (κ2) is 6.19. The van der Waals surface area contributed by atoms with E-state index >= 15 is 0 Å². The molecule has 0 radical (unpaired) electrons. The summed E-state index contributed by atoms with van der Waals surface area (Å²) in [5.41, 5.74) is 5.56. The molecule has 8 heteroatoms. The van der Waals surface area contributed by atoms with E-state index in [0.717, 1.165) is 5.69 Å². The van der Waals surface area contributed by atoms with Crippen molar-refractivity contribution in [3.05, 3.63) is 41.6 Å². The number of anilines is 1. The molecule has 25 heavy (non-hydrogen) atoms. The summed E-state index contributed by atoms with van der Waals surface area (Å²) in [7, 11) is 0. The van der Waals surface area contributed by atoms with Crippen LogP contribution in [-0.2, 0) is 10.3 Å². The van der Waals surface area contributed by atoms with Crippen LogP contribution in [0.25, 0.3) is 0 Å². The van der Waals surface area contributed by atoms with E-state index in [1.165, 1.54) is 0 Å². The average molecular weight is 343 g/mol. The normalized spacial score (nSPS) is 16.6. The number of carbonyl (C=O) groups is 2. The minimum absolute atomic E-state index is 0.354. The molecule has 8 nitrogen and oxygen atoms in total. The van der Waals surface area contributed by atoms with Crippen molar-refractivity contribution in [1.29, 1.82) is 0 Å². The second-order valence-corrected chi connectivity index (χ2v) is 6.36.